The van der Waals surface area contributed by atoms with Gasteiger partial charge in [0.05, 0.1) is 11.5 Å². The first kappa shape index (κ1) is 18.6. The minimum absolute atomic E-state index is 0.116. The molecular formula is C14H23BrN2O3S. The van der Waals surface area contributed by atoms with Crippen molar-refractivity contribution in [3.63, 3.8) is 0 Å². The first-order chi connectivity index (χ1) is 9.94. The van der Waals surface area contributed by atoms with Gasteiger partial charge in [0.1, 0.15) is 0 Å². The number of nitrogens with one attached hydrogen (secondary N) is 1. The third-order valence-corrected chi connectivity index (χ3v) is 5.61. The van der Waals surface area contributed by atoms with Crippen molar-refractivity contribution in [2.75, 3.05) is 26.2 Å². The second kappa shape index (κ2) is 8.85. The highest BCUT2D eigenvalue weighted by molar-refractivity contribution is 9.10. The van der Waals surface area contributed by atoms with E-state index in [0.717, 1.165) is 19.5 Å². The maximum absolute atomic E-state index is 12.3. The Kier molecular flexibility index (Phi) is 7.83. The van der Waals surface area contributed by atoms with Crippen LogP contribution in [0.15, 0.2) is 27.6 Å². The first-order valence-electron chi connectivity index (χ1n) is 7.05. The fraction of sp³-hybridized carbons (Fsp3) is 0.571. The molecule has 0 aliphatic heterocycles. The number of aliphatic hydroxyl groups is 1. The largest absolute Gasteiger partial charge is 0.392 e. The molecule has 0 saturated heterocycles. The molecule has 0 spiro atoms. The Hall–Kier alpha value is -0.470. The summed E-state index contributed by atoms with van der Waals surface area (Å²) in [7, 11) is -3.54. The average Bonchev–Trinajstić information content (AvgIpc) is 2.45. The van der Waals surface area contributed by atoms with E-state index < -0.39 is 10.0 Å². The van der Waals surface area contributed by atoms with E-state index in [0.29, 0.717) is 23.1 Å². The fourth-order valence-electron chi connectivity index (χ4n) is 2.02. The molecule has 0 aliphatic carbocycles. The molecule has 1 aromatic carbocycles. The Labute approximate surface area is 135 Å². The van der Waals surface area contributed by atoms with E-state index >= 15 is 0 Å². The Bertz CT molecular complexity index is 549. The average molecular weight is 379 g/mol. The molecular weight excluding hydrogens is 356 g/mol. The molecule has 1 rings (SSSR count). The molecule has 0 radical (unpaired) electrons. The van der Waals surface area contributed by atoms with Gasteiger partial charge in [0.2, 0.25) is 10.0 Å². The predicted octanol–water partition coefficient (Wildman–Crippen LogP) is 1.95. The van der Waals surface area contributed by atoms with Gasteiger partial charge in [0, 0.05) is 17.6 Å². The number of hydrogen-bond donors (Lipinski definition) is 2. The molecule has 5 nitrogen and oxygen atoms in total. The molecule has 0 atom stereocenters. The topological polar surface area (TPSA) is 69.6 Å². The van der Waals surface area contributed by atoms with Crippen molar-refractivity contribution in [3.05, 3.63) is 28.2 Å². The highest BCUT2D eigenvalue weighted by Gasteiger charge is 2.17. The van der Waals surface area contributed by atoms with Gasteiger partial charge in [0.15, 0.2) is 0 Å². The summed E-state index contributed by atoms with van der Waals surface area (Å²) in [6, 6.07) is 4.72. The summed E-state index contributed by atoms with van der Waals surface area (Å²) in [6.45, 7) is 6.99. The highest BCUT2D eigenvalue weighted by Crippen LogP contribution is 2.23. The second-order valence-electron chi connectivity index (χ2n) is 4.75. The molecule has 0 bridgehead atoms. The minimum Gasteiger partial charge on any atom is -0.392 e. The van der Waals surface area contributed by atoms with E-state index in [1.807, 2.05) is 0 Å². The third kappa shape index (κ3) is 5.67. The zero-order valence-electron chi connectivity index (χ0n) is 12.5. The smallest absolute Gasteiger partial charge is 0.241 e. The van der Waals surface area contributed by atoms with E-state index in [1.54, 1.807) is 12.1 Å². The van der Waals surface area contributed by atoms with Crippen molar-refractivity contribution in [3.8, 4) is 0 Å². The molecule has 21 heavy (non-hydrogen) atoms. The zero-order chi connectivity index (χ0) is 15.9. The summed E-state index contributed by atoms with van der Waals surface area (Å²) in [5, 5.41) is 9.04. The van der Waals surface area contributed by atoms with Crippen LogP contribution in [-0.4, -0.2) is 44.6 Å². The number of likely N-dealkylation sites (N-methyl/N-ethyl adjacent to an activating group) is 1. The number of halogens is 1. The van der Waals surface area contributed by atoms with Crippen LogP contribution < -0.4 is 4.72 Å². The molecule has 0 heterocycles. The molecule has 2 N–H and O–H groups in total. The molecule has 0 unspecified atom stereocenters. The molecule has 120 valence electrons. The summed E-state index contributed by atoms with van der Waals surface area (Å²) in [4.78, 5) is 2.39. The normalized spacial score (nSPS) is 12.0. The number of benzene rings is 1. The van der Waals surface area contributed by atoms with Crippen molar-refractivity contribution in [1.82, 2.24) is 9.62 Å². The van der Waals surface area contributed by atoms with Crippen LogP contribution >= 0.6 is 15.9 Å². The van der Waals surface area contributed by atoms with Gasteiger partial charge in [-0.15, -0.1) is 0 Å². The van der Waals surface area contributed by atoms with E-state index in [-0.39, 0.29) is 11.5 Å². The van der Waals surface area contributed by atoms with E-state index in [9.17, 15) is 8.42 Å². The van der Waals surface area contributed by atoms with Crippen molar-refractivity contribution >= 4 is 26.0 Å². The van der Waals surface area contributed by atoms with Crippen LogP contribution in [0.2, 0.25) is 0 Å². The fourth-order valence-corrected chi connectivity index (χ4v) is 4.16. The maximum Gasteiger partial charge on any atom is 0.241 e. The Morgan fingerprint density at radius 2 is 2.00 bits per heavy atom. The van der Waals surface area contributed by atoms with Crippen LogP contribution in [0.4, 0.5) is 0 Å². The molecule has 7 heteroatoms. The summed E-state index contributed by atoms with van der Waals surface area (Å²) >= 11 is 3.24. The number of hydrogen-bond acceptors (Lipinski definition) is 4. The minimum atomic E-state index is -3.54. The number of nitrogens with zero attached hydrogens (tertiary/aromatic N) is 1. The summed E-state index contributed by atoms with van der Waals surface area (Å²) in [6.07, 6.45) is 1.05. The zero-order valence-corrected chi connectivity index (χ0v) is 14.9. The maximum atomic E-state index is 12.3. The van der Waals surface area contributed by atoms with Crippen LogP contribution in [0.25, 0.3) is 0 Å². The van der Waals surface area contributed by atoms with Gasteiger partial charge in [-0.1, -0.05) is 19.9 Å². The molecule has 0 aliphatic rings. The van der Waals surface area contributed by atoms with E-state index in [4.69, 9.17) is 5.11 Å². The van der Waals surface area contributed by atoms with Crippen molar-refractivity contribution in [1.29, 1.82) is 0 Å². The van der Waals surface area contributed by atoms with Gasteiger partial charge in [-0.05, 0) is 53.1 Å². The van der Waals surface area contributed by atoms with Crippen LogP contribution in [0.5, 0.6) is 0 Å². The lowest BCUT2D eigenvalue weighted by Crippen LogP contribution is -2.35. The predicted molar refractivity (Wildman–Crippen MR) is 87.7 cm³/mol. The number of rotatable bonds is 9. The van der Waals surface area contributed by atoms with Crippen molar-refractivity contribution < 1.29 is 13.5 Å². The van der Waals surface area contributed by atoms with Crippen LogP contribution in [0.1, 0.15) is 25.8 Å². The van der Waals surface area contributed by atoms with Gasteiger partial charge in [-0.25, -0.2) is 13.1 Å². The molecule has 1 aromatic rings. The third-order valence-electron chi connectivity index (χ3n) is 3.18. The van der Waals surface area contributed by atoms with Gasteiger partial charge >= 0.3 is 0 Å². The quantitative estimate of drug-likeness (QED) is 0.688. The number of sulfonamides is 1. The lowest BCUT2D eigenvalue weighted by Gasteiger charge is -2.19. The lowest BCUT2D eigenvalue weighted by molar-refractivity contribution is 0.281. The van der Waals surface area contributed by atoms with Gasteiger partial charge in [0.25, 0.3) is 0 Å². The Morgan fingerprint density at radius 1 is 1.29 bits per heavy atom. The van der Waals surface area contributed by atoms with Crippen LogP contribution in [-0.2, 0) is 16.6 Å². The molecule has 0 fully saturated rings. The number of aliphatic hydroxyl groups excluding tert-OH is 1. The van der Waals surface area contributed by atoms with E-state index in [1.165, 1.54) is 6.07 Å². The summed E-state index contributed by atoms with van der Waals surface area (Å²) < 4.78 is 27.6. The van der Waals surface area contributed by atoms with Crippen molar-refractivity contribution in [2.45, 2.75) is 31.8 Å². The summed E-state index contributed by atoms with van der Waals surface area (Å²) in [5.41, 5.74) is 0.668. The second-order valence-corrected chi connectivity index (χ2v) is 7.34. The first-order valence-corrected chi connectivity index (χ1v) is 9.33. The highest BCUT2D eigenvalue weighted by atomic mass is 79.9. The van der Waals surface area contributed by atoms with Gasteiger partial charge in [-0.3, -0.25) is 0 Å². The SMILES string of the molecule is CCCN(CC)CCNS(=O)(=O)c1ccc(CO)cc1Br. The molecule has 0 saturated carbocycles. The standard InChI is InChI=1S/C14H23BrN2O3S/c1-3-8-17(4-2)9-7-16-21(19,20)14-6-5-12(11-18)10-13(14)15/h5-6,10,16,18H,3-4,7-9,11H2,1-2H3. The molecule has 0 amide bonds. The van der Waals surface area contributed by atoms with Crippen LogP contribution in [0, 0.1) is 0 Å². The Morgan fingerprint density at radius 3 is 2.52 bits per heavy atom. The Balaban J connectivity index is 2.69. The van der Waals surface area contributed by atoms with Crippen LogP contribution in [0.3, 0.4) is 0 Å². The summed E-state index contributed by atoms with van der Waals surface area (Å²) in [5.74, 6) is 0. The van der Waals surface area contributed by atoms with Crippen molar-refractivity contribution in [2.24, 2.45) is 0 Å². The molecule has 0 aromatic heterocycles. The van der Waals surface area contributed by atoms with E-state index in [2.05, 4.69) is 39.4 Å². The monoisotopic (exact) mass is 378 g/mol. The van der Waals surface area contributed by atoms with Gasteiger partial charge in [-0.2, -0.15) is 0 Å². The van der Waals surface area contributed by atoms with Gasteiger partial charge < -0.3 is 10.0 Å². The lowest BCUT2D eigenvalue weighted by atomic mass is 10.2.